The molecule has 144 valence electrons. The Bertz CT molecular complexity index is 823. The number of carbonyl (C=O) groups is 1. The quantitative estimate of drug-likeness (QED) is 0.231. The molecule has 1 rings (SSSR count). The van der Waals surface area contributed by atoms with Gasteiger partial charge in [0, 0.05) is 18.5 Å². The summed E-state index contributed by atoms with van der Waals surface area (Å²) in [4.78, 5) is 40.8. The molecule has 27 heavy (non-hydrogen) atoms. The minimum absolute atomic E-state index is 0.0449. The molecule has 0 radical (unpaired) electrons. The average Bonchev–Trinajstić information content (AvgIpc) is 2.55. The zero-order valence-electron chi connectivity index (χ0n) is 14.9. The first-order chi connectivity index (χ1) is 12.5. The van der Waals surface area contributed by atoms with Crippen LogP contribution in [0.15, 0.2) is 47.1 Å². The molecule has 0 bridgehead atoms. The number of non-ortho nitro benzene ring substituents is 1. The van der Waals surface area contributed by atoms with E-state index in [4.69, 9.17) is 10.6 Å². The molecule has 0 heterocycles. The molecule has 0 aliphatic rings. The summed E-state index contributed by atoms with van der Waals surface area (Å²) in [7, 11) is 0. The van der Waals surface area contributed by atoms with E-state index in [1.807, 2.05) is 20.8 Å². The van der Waals surface area contributed by atoms with Gasteiger partial charge in [0.05, 0.1) is 27.1 Å². The van der Waals surface area contributed by atoms with Gasteiger partial charge in [-0.25, -0.2) is 4.99 Å². The number of nitrogens with two attached hydrogens (primary N) is 1. The number of hydrogen-bond donors (Lipinski definition) is 2. The van der Waals surface area contributed by atoms with Crippen LogP contribution in [0.3, 0.4) is 0 Å². The van der Waals surface area contributed by atoms with Gasteiger partial charge in [-0.15, -0.1) is 0 Å². The molecule has 0 saturated carbocycles. The van der Waals surface area contributed by atoms with Crippen molar-refractivity contribution in [1.29, 1.82) is 0 Å². The number of nitrogens with zero attached hydrogens (tertiary/aromatic N) is 3. The Hall–Kier alpha value is -3.60. The van der Waals surface area contributed by atoms with Crippen LogP contribution < -0.4 is 11.2 Å². The maximum Gasteiger partial charge on any atom is 0.301 e. The fraction of sp³-hybridized carbons (Fsp3) is 0.250. The highest BCUT2D eigenvalue weighted by Crippen LogP contribution is 2.31. The van der Waals surface area contributed by atoms with Crippen LogP contribution in [0.25, 0.3) is 0 Å². The first kappa shape index (κ1) is 21.4. The highest BCUT2D eigenvalue weighted by molar-refractivity contribution is 6.12. The van der Waals surface area contributed by atoms with E-state index in [-0.39, 0.29) is 11.3 Å². The minimum Gasteiger partial charge on any atom is -0.366 e. The standard InChI is InChI=1S/C16H19N5O6/c1-16(2,3)27-19-8-4-5-11(15(17)22)10-18-13-7-6-12(20(23)24)9-14(13)21(25)26/h4-10,19H,1-3H3,(H2,17,22)/b8-4+,11-5-,18-10?. The van der Waals surface area contributed by atoms with Crippen LogP contribution in [0, 0.1) is 20.2 Å². The second-order valence-electron chi connectivity index (χ2n) is 6.12. The van der Waals surface area contributed by atoms with Crippen LogP contribution in [-0.2, 0) is 9.63 Å². The Morgan fingerprint density at radius 3 is 2.44 bits per heavy atom. The zero-order valence-corrected chi connectivity index (χ0v) is 14.9. The summed E-state index contributed by atoms with van der Waals surface area (Å²) < 4.78 is 0. The van der Waals surface area contributed by atoms with Crippen LogP contribution in [-0.4, -0.2) is 27.6 Å². The number of nitro groups is 2. The number of hydrogen-bond acceptors (Lipinski definition) is 8. The summed E-state index contributed by atoms with van der Waals surface area (Å²) in [6.45, 7) is 5.51. The summed E-state index contributed by atoms with van der Waals surface area (Å²) in [6.07, 6.45) is 5.20. The largest absolute Gasteiger partial charge is 0.366 e. The van der Waals surface area contributed by atoms with Crippen LogP contribution in [0.1, 0.15) is 20.8 Å². The maximum absolute atomic E-state index is 11.5. The molecular formula is C16H19N5O6. The van der Waals surface area contributed by atoms with E-state index < -0.39 is 32.7 Å². The Kier molecular flexibility index (Phi) is 7.30. The number of amides is 1. The van der Waals surface area contributed by atoms with Gasteiger partial charge in [-0.05, 0) is 39.0 Å². The Balaban J connectivity index is 3.03. The fourth-order valence-corrected chi connectivity index (χ4v) is 1.61. The molecule has 0 spiro atoms. The highest BCUT2D eigenvalue weighted by atomic mass is 16.7. The van der Waals surface area contributed by atoms with Gasteiger partial charge in [0.2, 0.25) is 5.91 Å². The molecule has 0 aromatic heterocycles. The summed E-state index contributed by atoms with van der Waals surface area (Å²) in [5.41, 5.74) is 6.16. The third-order valence-electron chi connectivity index (χ3n) is 2.80. The molecule has 1 aromatic rings. The van der Waals surface area contributed by atoms with Crippen LogP contribution in [0.2, 0.25) is 0 Å². The highest BCUT2D eigenvalue weighted by Gasteiger charge is 2.19. The lowest BCUT2D eigenvalue weighted by Crippen LogP contribution is -2.25. The number of primary amides is 1. The lowest BCUT2D eigenvalue weighted by Gasteiger charge is -2.17. The van der Waals surface area contributed by atoms with Gasteiger partial charge in [0.15, 0.2) is 0 Å². The van der Waals surface area contributed by atoms with Crippen molar-refractivity contribution in [2.24, 2.45) is 10.7 Å². The number of hydroxylamine groups is 1. The van der Waals surface area contributed by atoms with Crippen molar-refractivity contribution >= 4 is 29.2 Å². The Morgan fingerprint density at radius 1 is 1.26 bits per heavy atom. The van der Waals surface area contributed by atoms with Gasteiger partial charge >= 0.3 is 5.69 Å². The predicted octanol–water partition coefficient (Wildman–Crippen LogP) is 2.45. The molecule has 11 heteroatoms. The molecule has 0 unspecified atom stereocenters. The van der Waals surface area contributed by atoms with Gasteiger partial charge in [-0.2, -0.15) is 0 Å². The van der Waals surface area contributed by atoms with Crippen LogP contribution in [0.5, 0.6) is 0 Å². The SMILES string of the molecule is CC(C)(C)ON/C=C/C=C(/C=Nc1ccc([N+](=O)[O-])cc1[N+](=O)[O-])C(N)=O. The van der Waals surface area contributed by atoms with Gasteiger partial charge < -0.3 is 5.73 Å². The lowest BCUT2D eigenvalue weighted by molar-refractivity contribution is -0.393. The topological polar surface area (TPSA) is 163 Å². The van der Waals surface area contributed by atoms with Gasteiger partial charge in [0.1, 0.15) is 5.69 Å². The van der Waals surface area contributed by atoms with E-state index in [1.54, 1.807) is 0 Å². The van der Waals surface area contributed by atoms with E-state index in [9.17, 15) is 25.0 Å². The van der Waals surface area contributed by atoms with Crippen molar-refractivity contribution in [3.8, 4) is 0 Å². The first-order valence-electron chi connectivity index (χ1n) is 7.58. The number of benzene rings is 1. The van der Waals surface area contributed by atoms with Gasteiger partial charge in [0.25, 0.3) is 5.69 Å². The average molecular weight is 377 g/mol. The van der Waals surface area contributed by atoms with E-state index in [2.05, 4.69) is 10.5 Å². The number of nitrogens with one attached hydrogen (secondary N) is 1. The normalized spacial score (nSPS) is 12.5. The number of carbonyl (C=O) groups excluding carboxylic acids is 1. The number of allylic oxidation sites excluding steroid dienone is 2. The van der Waals surface area contributed by atoms with Crippen LogP contribution >= 0.6 is 0 Å². The Morgan fingerprint density at radius 2 is 1.93 bits per heavy atom. The van der Waals surface area contributed by atoms with Crippen molar-refractivity contribution in [2.45, 2.75) is 26.4 Å². The zero-order chi connectivity index (χ0) is 20.6. The Labute approximate surface area is 154 Å². The van der Waals surface area contributed by atoms with Crippen molar-refractivity contribution in [3.05, 3.63) is 62.4 Å². The predicted molar refractivity (Wildman–Crippen MR) is 98.3 cm³/mol. The van der Waals surface area contributed by atoms with Crippen molar-refractivity contribution in [1.82, 2.24) is 5.48 Å². The molecule has 0 aliphatic carbocycles. The molecule has 0 fully saturated rings. The second kappa shape index (κ2) is 9.20. The van der Waals surface area contributed by atoms with E-state index >= 15 is 0 Å². The van der Waals surface area contributed by atoms with E-state index in [0.717, 1.165) is 24.4 Å². The van der Waals surface area contributed by atoms with E-state index in [0.29, 0.717) is 0 Å². The third-order valence-corrected chi connectivity index (χ3v) is 2.80. The number of rotatable bonds is 8. The molecular weight excluding hydrogens is 358 g/mol. The summed E-state index contributed by atoms with van der Waals surface area (Å²) in [6, 6.07) is 2.97. The number of aliphatic imine (C=N–C) groups is 1. The fourth-order valence-electron chi connectivity index (χ4n) is 1.61. The van der Waals surface area contributed by atoms with Crippen molar-refractivity contribution in [3.63, 3.8) is 0 Å². The second-order valence-corrected chi connectivity index (χ2v) is 6.12. The summed E-state index contributed by atoms with van der Waals surface area (Å²) in [5, 5.41) is 21.8. The monoisotopic (exact) mass is 377 g/mol. The van der Waals surface area contributed by atoms with Crippen LogP contribution in [0.4, 0.5) is 17.1 Å². The first-order valence-corrected chi connectivity index (χ1v) is 7.58. The molecule has 11 nitrogen and oxygen atoms in total. The molecule has 3 N–H and O–H groups in total. The molecule has 1 amide bonds. The summed E-state index contributed by atoms with van der Waals surface area (Å²) >= 11 is 0. The maximum atomic E-state index is 11.5. The van der Waals surface area contributed by atoms with E-state index in [1.165, 1.54) is 18.4 Å². The summed E-state index contributed by atoms with van der Waals surface area (Å²) in [5.74, 6) is -0.815. The molecule has 0 saturated heterocycles. The van der Waals surface area contributed by atoms with Crippen molar-refractivity contribution < 1.29 is 19.5 Å². The lowest BCUT2D eigenvalue weighted by atomic mass is 10.2. The smallest absolute Gasteiger partial charge is 0.301 e. The molecule has 0 aliphatic heterocycles. The van der Waals surface area contributed by atoms with Gasteiger partial charge in [-0.3, -0.25) is 35.3 Å². The van der Waals surface area contributed by atoms with Gasteiger partial charge in [-0.1, -0.05) is 0 Å². The minimum atomic E-state index is -0.815. The van der Waals surface area contributed by atoms with Crippen molar-refractivity contribution in [2.75, 3.05) is 0 Å². The molecule has 0 atom stereocenters. The number of nitro benzene ring substituents is 2. The molecule has 1 aromatic carbocycles. The third kappa shape index (κ3) is 7.44.